The molecule has 1 N–H and O–H groups in total. The van der Waals surface area contributed by atoms with E-state index in [-0.39, 0.29) is 32.6 Å². The molecular weight excluding hydrogens is 502 g/mol. The molecule has 0 spiro atoms. The molecule has 11 heteroatoms. The van der Waals surface area contributed by atoms with Gasteiger partial charge in [-0.15, -0.1) is 0 Å². The van der Waals surface area contributed by atoms with Gasteiger partial charge in [-0.2, -0.15) is 26.3 Å². The van der Waals surface area contributed by atoms with Crippen molar-refractivity contribution < 1.29 is 26.3 Å². The van der Waals surface area contributed by atoms with Crippen LogP contribution in [0.15, 0.2) is 40.9 Å². The van der Waals surface area contributed by atoms with Crippen LogP contribution >= 0.6 is 15.9 Å². The van der Waals surface area contributed by atoms with Crippen molar-refractivity contribution in [3.8, 4) is 11.4 Å². The summed E-state index contributed by atoms with van der Waals surface area (Å²) < 4.78 is 80.8. The summed E-state index contributed by atoms with van der Waals surface area (Å²) in [5, 5.41) is 3.15. The molecule has 3 aromatic rings. The van der Waals surface area contributed by atoms with Crippen molar-refractivity contribution in [2.24, 2.45) is 0 Å². The molecule has 1 aromatic heterocycles. The Labute approximate surface area is 188 Å². The minimum absolute atomic E-state index is 0.0538. The molecule has 0 bridgehead atoms. The zero-order chi connectivity index (χ0) is 23.7. The summed E-state index contributed by atoms with van der Waals surface area (Å²) in [4.78, 5) is 10.3. The second-order valence-electron chi connectivity index (χ2n) is 7.41. The first kappa shape index (κ1) is 24.2. The SMILES string of the molecule is CN(C)CCCNc1nc(-c2cc(Br)cc(C(F)(F)F)c2)nc2c(C(F)(F)F)cccc12. The molecule has 0 radical (unpaired) electrons. The largest absolute Gasteiger partial charge is 0.418 e. The number of halogens is 7. The van der Waals surface area contributed by atoms with Gasteiger partial charge in [-0.05, 0) is 57.4 Å². The summed E-state index contributed by atoms with van der Waals surface area (Å²) in [6.45, 7) is 1.14. The number of alkyl halides is 6. The molecule has 0 unspecified atom stereocenters. The van der Waals surface area contributed by atoms with E-state index in [4.69, 9.17) is 0 Å². The summed E-state index contributed by atoms with van der Waals surface area (Å²) in [5.41, 5.74) is -2.38. The number of aromatic nitrogens is 2. The summed E-state index contributed by atoms with van der Waals surface area (Å²) in [7, 11) is 3.78. The van der Waals surface area contributed by atoms with Gasteiger partial charge in [0, 0.05) is 22.0 Å². The molecule has 0 saturated carbocycles. The van der Waals surface area contributed by atoms with Crippen molar-refractivity contribution in [3.63, 3.8) is 0 Å². The Morgan fingerprint density at radius 1 is 0.969 bits per heavy atom. The Balaban J connectivity index is 2.18. The van der Waals surface area contributed by atoms with Gasteiger partial charge in [0.1, 0.15) is 5.82 Å². The maximum absolute atomic E-state index is 13.6. The van der Waals surface area contributed by atoms with E-state index in [1.54, 1.807) is 0 Å². The van der Waals surface area contributed by atoms with Crippen LogP contribution in [-0.2, 0) is 12.4 Å². The molecule has 32 heavy (non-hydrogen) atoms. The number of nitrogens with zero attached hydrogens (tertiary/aromatic N) is 3. The topological polar surface area (TPSA) is 41.0 Å². The molecule has 0 aliphatic carbocycles. The summed E-state index contributed by atoms with van der Waals surface area (Å²) >= 11 is 3.03. The highest BCUT2D eigenvalue weighted by Gasteiger charge is 2.34. The van der Waals surface area contributed by atoms with Gasteiger partial charge in [-0.25, -0.2) is 9.97 Å². The van der Waals surface area contributed by atoms with E-state index >= 15 is 0 Å². The highest BCUT2D eigenvalue weighted by molar-refractivity contribution is 9.10. The van der Waals surface area contributed by atoms with E-state index in [2.05, 4.69) is 31.2 Å². The highest BCUT2D eigenvalue weighted by Crippen LogP contribution is 2.38. The quantitative estimate of drug-likeness (QED) is 0.299. The first-order valence-corrected chi connectivity index (χ1v) is 10.3. The Kier molecular flexibility index (Phi) is 6.99. The van der Waals surface area contributed by atoms with E-state index in [9.17, 15) is 26.3 Å². The molecule has 4 nitrogen and oxygen atoms in total. The highest BCUT2D eigenvalue weighted by atomic mass is 79.9. The Morgan fingerprint density at radius 2 is 1.69 bits per heavy atom. The van der Waals surface area contributed by atoms with E-state index < -0.39 is 23.5 Å². The minimum Gasteiger partial charge on any atom is -0.369 e. The number of anilines is 1. The lowest BCUT2D eigenvalue weighted by Gasteiger charge is -2.16. The molecule has 172 valence electrons. The van der Waals surface area contributed by atoms with Crippen molar-refractivity contribution in [2.45, 2.75) is 18.8 Å². The fourth-order valence-electron chi connectivity index (χ4n) is 3.13. The van der Waals surface area contributed by atoms with Gasteiger partial charge in [0.2, 0.25) is 0 Å². The Hall–Kier alpha value is -2.40. The van der Waals surface area contributed by atoms with Gasteiger partial charge < -0.3 is 10.2 Å². The minimum atomic E-state index is -4.69. The third kappa shape index (κ3) is 5.69. The first-order valence-electron chi connectivity index (χ1n) is 9.51. The third-order valence-corrected chi connectivity index (χ3v) is 5.05. The van der Waals surface area contributed by atoms with Crippen LogP contribution in [-0.4, -0.2) is 42.1 Å². The molecule has 0 atom stereocenters. The van der Waals surface area contributed by atoms with Gasteiger partial charge in [0.25, 0.3) is 0 Å². The van der Waals surface area contributed by atoms with Crippen LogP contribution in [0.4, 0.5) is 32.2 Å². The molecule has 2 aromatic carbocycles. The van der Waals surface area contributed by atoms with Crippen LogP contribution in [0.5, 0.6) is 0 Å². The lowest BCUT2D eigenvalue weighted by atomic mass is 10.1. The van der Waals surface area contributed by atoms with Crippen LogP contribution in [0.3, 0.4) is 0 Å². The average Bonchev–Trinajstić information content (AvgIpc) is 2.68. The molecule has 0 fully saturated rings. The van der Waals surface area contributed by atoms with Crippen LogP contribution in [0.25, 0.3) is 22.3 Å². The summed E-state index contributed by atoms with van der Waals surface area (Å²) in [6, 6.07) is 6.62. The average molecular weight is 521 g/mol. The third-order valence-electron chi connectivity index (χ3n) is 4.59. The smallest absolute Gasteiger partial charge is 0.369 e. The van der Waals surface area contributed by atoms with E-state index in [1.807, 2.05) is 19.0 Å². The van der Waals surface area contributed by atoms with Gasteiger partial charge in [0.05, 0.1) is 16.6 Å². The Morgan fingerprint density at radius 3 is 2.31 bits per heavy atom. The molecule has 0 aliphatic heterocycles. The lowest BCUT2D eigenvalue weighted by Crippen LogP contribution is -2.17. The van der Waals surface area contributed by atoms with Crippen LogP contribution in [0.2, 0.25) is 0 Å². The maximum Gasteiger partial charge on any atom is 0.418 e. The standard InChI is InChI=1S/C21H19BrF6N4/c1-32(2)8-4-7-29-19-15-5-3-6-16(21(26,27)28)17(15)30-18(31-19)12-9-13(20(23,24)25)11-14(22)10-12/h3,5-6,9-11H,4,7-8H2,1-2H3,(H,29,30,31). The van der Waals surface area contributed by atoms with Crippen LogP contribution in [0, 0.1) is 0 Å². The monoisotopic (exact) mass is 520 g/mol. The molecule has 0 amide bonds. The number of fused-ring (bicyclic) bond motifs is 1. The van der Waals surface area contributed by atoms with Crippen LogP contribution in [0.1, 0.15) is 17.5 Å². The van der Waals surface area contributed by atoms with E-state index in [1.165, 1.54) is 18.2 Å². The van der Waals surface area contributed by atoms with E-state index in [0.29, 0.717) is 13.0 Å². The summed E-state index contributed by atoms with van der Waals surface area (Å²) in [5.74, 6) is -0.112. The second-order valence-corrected chi connectivity index (χ2v) is 8.32. The Bertz CT molecular complexity index is 1110. The van der Waals surface area contributed by atoms with Crippen molar-refractivity contribution in [1.29, 1.82) is 0 Å². The van der Waals surface area contributed by atoms with Crippen molar-refractivity contribution in [3.05, 3.63) is 52.0 Å². The molecular formula is C21H19BrF6N4. The number of para-hydroxylation sites is 1. The zero-order valence-corrected chi connectivity index (χ0v) is 18.7. The number of hydrogen-bond donors (Lipinski definition) is 1. The van der Waals surface area contributed by atoms with E-state index in [0.717, 1.165) is 24.7 Å². The predicted octanol–water partition coefficient (Wildman–Crippen LogP) is 6.46. The fraction of sp³-hybridized carbons (Fsp3) is 0.333. The summed E-state index contributed by atoms with van der Waals surface area (Å²) in [6.07, 6.45) is -8.65. The number of rotatable bonds is 6. The van der Waals surface area contributed by atoms with Crippen molar-refractivity contribution in [2.75, 3.05) is 32.5 Å². The number of benzene rings is 2. The fourth-order valence-corrected chi connectivity index (χ4v) is 3.62. The lowest BCUT2D eigenvalue weighted by molar-refractivity contribution is -0.138. The zero-order valence-electron chi connectivity index (χ0n) is 17.1. The van der Waals surface area contributed by atoms with Crippen LogP contribution < -0.4 is 5.32 Å². The van der Waals surface area contributed by atoms with Gasteiger partial charge in [-0.1, -0.05) is 22.0 Å². The number of hydrogen-bond acceptors (Lipinski definition) is 4. The second kappa shape index (κ2) is 9.22. The van der Waals surface area contributed by atoms with Gasteiger partial charge in [-0.3, -0.25) is 0 Å². The maximum atomic E-state index is 13.6. The number of nitrogens with one attached hydrogen (secondary N) is 1. The molecule has 1 heterocycles. The van der Waals surface area contributed by atoms with Crippen molar-refractivity contribution >= 4 is 32.7 Å². The van der Waals surface area contributed by atoms with Gasteiger partial charge >= 0.3 is 12.4 Å². The molecule has 0 aliphatic rings. The molecule has 0 saturated heterocycles. The van der Waals surface area contributed by atoms with Gasteiger partial charge in [0.15, 0.2) is 5.82 Å². The first-order chi connectivity index (χ1) is 14.9. The van der Waals surface area contributed by atoms with Crippen molar-refractivity contribution in [1.82, 2.24) is 14.9 Å². The predicted molar refractivity (Wildman–Crippen MR) is 114 cm³/mol. The normalized spacial score (nSPS) is 12.6. The molecule has 3 rings (SSSR count).